The third-order valence-corrected chi connectivity index (χ3v) is 4.25. The smallest absolute Gasteiger partial charge is 0.243 e. The molecule has 0 spiro atoms. The number of hydrogen-bond acceptors (Lipinski definition) is 3. The Morgan fingerprint density at radius 1 is 1.33 bits per heavy atom. The van der Waals surface area contributed by atoms with Gasteiger partial charge in [-0.3, -0.25) is 9.78 Å². The van der Waals surface area contributed by atoms with Gasteiger partial charge < -0.3 is 9.47 Å². The highest BCUT2D eigenvalue weighted by molar-refractivity contribution is 5.77. The summed E-state index contributed by atoms with van der Waals surface area (Å²) in [6.07, 6.45) is 5.56. The van der Waals surface area contributed by atoms with E-state index in [1.54, 1.807) is 12.5 Å². The lowest BCUT2D eigenvalue weighted by molar-refractivity contribution is -0.132. The normalized spacial score (nSPS) is 18.2. The van der Waals surface area contributed by atoms with Gasteiger partial charge in [0.05, 0.1) is 23.8 Å². The molecule has 0 saturated carbocycles. The topological polar surface area (TPSA) is 51.0 Å². The van der Waals surface area contributed by atoms with E-state index in [2.05, 4.69) is 9.97 Å². The summed E-state index contributed by atoms with van der Waals surface area (Å²) in [4.78, 5) is 23.2. The number of carbonyl (C=O) groups is 1. The number of aryl methyl sites for hydroxylation is 1. The van der Waals surface area contributed by atoms with E-state index in [0.29, 0.717) is 6.54 Å². The highest BCUT2D eigenvalue weighted by atomic mass is 16.2. The van der Waals surface area contributed by atoms with Gasteiger partial charge in [-0.05, 0) is 38.8 Å². The van der Waals surface area contributed by atoms with Crippen LogP contribution in [0.1, 0.15) is 36.0 Å². The number of nitrogens with zero attached hydrogens (tertiary/aromatic N) is 4. The summed E-state index contributed by atoms with van der Waals surface area (Å²) >= 11 is 0. The van der Waals surface area contributed by atoms with Gasteiger partial charge in [0.25, 0.3) is 0 Å². The van der Waals surface area contributed by atoms with Gasteiger partial charge in [0.1, 0.15) is 6.54 Å². The van der Waals surface area contributed by atoms with Gasteiger partial charge in [0.15, 0.2) is 0 Å². The number of carbonyl (C=O) groups excluding carboxylic acids is 1. The third kappa shape index (κ3) is 2.68. The fourth-order valence-electron chi connectivity index (χ4n) is 2.89. The Hall–Kier alpha value is -2.17. The number of imidazole rings is 1. The summed E-state index contributed by atoms with van der Waals surface area (Å²) in [7, 11) is 0. The van der Waals surface area contributed by atoms with Gasteiger partial charge in [-0.2, -0.15) is 0 Å². The minimum absolute atomic E-state index is 0.114. The first-order valence-electron chi connectivity index (χ1n) is 7.35. The predicted molar refractivity (Wildman–Crippen MR) is 79.6 cm³/mol. The predicted octanol–water partition coefficient (Wildman–Crippen LogP) is 2.26. The maximum absolute atomic E-state index is 12.6. The molecule has 21 heavy (non-hydrogen) atoms. The molecule has 1 atom stereocenters. The molecular weight excluding hydrogens is 264 g/mol. The quantitative estimate of drug-likeness (QED) is 0.868. The number of rotatable bonds is 3. The van der Waals surface area contributed by atoms with Crippen LogP contribution in [0.4, 0.5) is 0 Å². The molecule has 1 saturated heterocycles. The van der Waals surface area contributed by atoms with Crippen molar-refractivity contribution >= 4 is 5.91 Å². The van der Waals surface area contributed by atoms with E-state index in [1.807, 2.05) is 41.5 Å². The van der Waals surface area contributed by atoms with Gasteiger partial charge in [-0.1, -0.05) is 6.07 Å². The molecule has 1 aliphatic rings. The fourth-order valence-corrected chi connectivity index (χ4v) is 2.89. The Labute approximate surface area is 124 Å². The van der Waals surface area contributed by atoms with Gasteiger partial charge in [-0.15, -0.1) is 0 Å². The standard InChI is InChI=1S/C16H20N4O/c1-12-13(2)19(11-18-12)10-16(21)20-9-5-7-15(20)14-6-3-4-8-17-14/h3-4,6,8,11,15H,5,7,9-10H2,1-2H3. The van der Waals surface area contributed by atoms with Crippen LogP contribution in [-0.2, 0) is 11.3 Å². The average molecular weight is 284 g/mol. The first-order valence-corrected chi connectivity index (χ1v) is 7.35. The highest BCUT2D eigenvalue weighted by Gasteiger charge is 2.30. The van der Waals surface area contributed by atoms with Crippen LogP contribution in [0, 0.1) is 13.8 Å². The van der Waals surface area contributed by atoms with Gasteiger partial charge in [0, 0.05) is 18.4 Å². The number of likely N-dealkylation sites (tertiary alicyclic amines) is 1. The van der Waals surface area contributed by atoms with Crippen LogP contribution in [0.3, 0.4) is 0 Å². The number of aromatic nitrogens is 3. The first kappa shape index (κ1) is 13.8. The van der Waals surface area contributed by atoms with Gasteiger partial charge >= 0.3 is 0 Å². The van der Waals surface area contributed by atoms with E-state index in [0.717, 1.165) is 36.5 Å². The molecule has 0 bridgehead atoms. The van der Waals surface area contributed by atoms with E-state index in [4.69, 9.17) is 0 Å². The van der Waals surface area contributed by atoms with E-state index in [-0.39, 0.29) is 11.9 Å². The van der Waals surface area contributed by atoms with Crippen LogP contribution < -0.4 is 0 Å². The molecule has 0 N–H and O–H groups in total. The Bertz CT molecular complexity index is 635. The number of amides is 1. The van der Waals surface area contributed by atoms with Crippen molar-refractivity contribution in [3.63, 3.8) is 0 Å². The summed E-state index contributed by atoms with van der Waals surface area (Å²) < 4.78 is 1.92. The lowest BCUT2D eigenvalue weighted by Gasteiger charge is -2.24. The SMILES string of the molecule is Cc1ncn(CC(=O)N2CCCC2c2ccccn2)c1C. The molecule has 1 amide bonds. The molecule has 1 unspecified atom stereocenters. The highest BCUT2D eigenvalue weighted by Crippen LogP contribution is 2.30. The minimum Gasteiger partial charge on any atom is -0.333 e. The van der Waals surface area contributed by atoms with Crippen LogP contribution in [0.5, 0.6) is 0 Å². The first-order chi connectivity index (χ1) is 10.2. The van der Waals surface area contributed by atoms with E-state index >= 15 is 0 Å². The molecule has 2 aromatic heterocycles. The third-order valence-electron chi connectivity index (χ3n) is 4.25. The molecule has 3 rings (SSSR count). The zero-order chi connectivity index (χ0) is 14.8. The Kier molecular flexibility index (Phi) is 3.73. The Morgan fingerprint density at radius 3 is 2.86 bits per heavy atom. The summed E-state index contributed by atoms with van der Waals surface area (Å²) in [5.74, 6) is 0.142. The van der Waals surface area contributed by atoms with E-state index < -0.39 is 0 Å². The summed E-state index contributed by atoms with van der Waals surface area (Å²) in [5.41, 5.74) is 3.02. The van der Waals surface area contributed by atoms with Crippen molar-refractivity contribution in [1.82, 2.24) is 19.4 Å². The maximum Gasteiger partial charge on any atom is 0.243 e. The van der Waals surface area contributed by atoms with Crippen LogP contribution >= 0.6 is 0 Å². The molecule has 2 aromatic rings. The van der Waals surface area contributed by atoms with Crippen molar-refractivity contribution in [2.24, 2.45) is 0 Å². The van der Waals surface area contributed by atoms with Crippen molar-refractivity contribution in [1.29, 1.82) is 0 Å². The summed E-state index contributed by atoms with van der Waals surface area (Å²) in [6.45, 7) is 5.13. The molecule has 5 nitrogen and oxygen atoms in total. The van der Waals surface area contributed by atoms with E-state index in [9.17, 15) is 4.79 Å². The van der Waals surface area contributed by atoms with Crippen molar-refractivity contribution in [3.8, 4) is 0 Å². The molecule has 5 heteroatoms. The Morgan fingerprint density at radius 2 is 2.19 bits per heavy atom. The molecule has 1 aliphatic heterocycles. The van der Waals surface area contributed by atoms with Crippen LogP contribution in [0.2, 0.25) is 0 Å². The molecule has 3 heterocycles. The van der Waals surface area contributed by atoms with Crippen molar-refractivity contribution < 1.29 is 4.79 Å². The average Bonchev–Trinajstić information content (AvgIpc) is 3.10. The minimum atomic E-state index is 0.114. The maximum atomic E-state index is 12.6. The monoisotopic (exact) mass is 284 g/mol. The molecule has 0 aliphatic carbocycles. The summed E-state index contributed by atoms with van der Waals surface area (Å²) in [6, 6.07) is 6.00. The molecule has 0 radical (unpaired) electrons. The van der Waals surface area contributed by atoms with Crippen LogP contribution in [-0.4, -0.2) is 31.9 Å². The van der Waals surface area contributed by atoms with Crippen molar-refractivity contribution in [2.45, 2.75) is 39.3 Å². The zero-order valence-electron chi connectivity index (χ0n) is 12.5. The van der Waals surface area contributed by atoms with Gasteiger partial charge in [-0.25, -0.2) is 4.98 Å². The molecule has 110 valence electrons. The van der Waals surface area contributed by atoms with Crippen LogP contribution in [0.15, 0.2) is 30.7 Å². The second kappa shape index (κ2) is 5.68. The lowest BCUT2D eigenvalue weighted by Crippen LogP contribution is -2.33. The largest absolute Gasteiger partial charge is 0.333 e. The second-order valence-corrected chi connectivity index (χ2v) is 5.54. The number of pyridine rings is 1. The lowest BCUT2D eigenvalue weighted by atomic mass is 10.1. The molecule has 0 aromatic carbocycles. The Balaban J connectivity index is 1.76. The van der Waals surface area contributed by atoms with Gasteiger partial charge in [0.2, 0.25) is 5.91 Å². The second-order valence-electron chi connectivity index (χ2n) is 5.54. The fraction of sp³-hybridized carbons (Fsp3) is 0.438. The number of hydrogen-bond donors (Lipinski definition) is 0. The molecular formula is C16H20N4O. The zero-order valence-corrected chi connectivity index (χ0v) is 12.5. The van der Waals surface area contributed by atoms with E-state index in [1.165, 1.54) is 0 Å². The van der Waals surface area contributed by atoms with Crippen LogP contribution in [0.25, 0.3) is 0 Å². The van der Waals surface area contributed by atoms with Crippen molar-refractivity contribution in [3.05, 3.63) is 47.8 Å². The van der Waals surface area contributed by atoms with Crippen molar-refractivity contribution in [2.75, 3.05) is 6.54 Å². The molecule has 1 fully saturated rings. The summed E-state index contributed by atoms with van der Waals surface area (Å²) in [5, 5.41) is 0.